The van der Waals surface area contributed by atoms with E-state index in [9.17, 15) is 9.36 Å². The Morgan fingerprint density at radius 1 is 0.778 bits per heavy atom. The summed E-state index contributed by atoms with van der Waals surface area (Å²) in [5, 5.41) is 0. The normalized spacial score (nSPS) is 12.6. The summed E-state index contributed by atoms with van der Waals surface area (Å²) >= 11 is 0. The number of hydrogen-bond acceptors (Lipinski definition) is 5. The first-order valence-electron chi connectivity index (χ1n) is 8.21. The van der Waals surface area contributed by atoms with Crippen molar-refractivity contribution in [2.75, 3.05) is 7.11 Å². The van der Waals surface area contributed by atoms with Gasteiger partial charge < -0.3 is 13.8 Å². The van der Waals surface area contributed by atoms with Crippen LogP contribution in [0.4, 0.5) is 0 Å². The fourth-order valence-electron chi connectivity index (χ4n) is 2.34. The molecule has 1 atom stereocenters. The number of carbonyl (C=O) groups excluding carboxylic acids is 1. The van der Waals surface area contributed by atoms with Crippen LogP contribution in [0, 0.1) is 6.16 Å². The molecule has 0 amide bonds. The van der Waals surface area contributed by atoms with Crippen LogP contribution in [-0.4, -0.2) is 13.1 Å². The van der Waals surface area contributed by atoms with Gasteiger partial charge in [0.1, 0.15) is 17.7 Å². The predicted molar refractivity (Wildman–Crippen MR) is 103 cm³/mol. The van der Waals surface area contributed by atoms with Crippen molar-refractivity contribution in [3.05, 3.63) is 102 Å². The van der Waals surface area contributed by atoms with Crippen LogP contribution < -0.4 is 9.05 Å². The van der Waals surface area contributed by atoms with Crippen molar-refractivity contribution in [1.82, 2.24) is 0 Å². The maximum atomic E-state index is 13.4. The molecule has 3 rings (SSSR count). The van der Waals surface area contributed by atoms with Crippen molar-refractivity contribution >= 4 is 13.6 Å². The van der Waals surface area contributed by atoms with E-state index in [1.807, 2.05) is 36.4 Å². The minimum absolute atomic E-state index is 0.314. The van der Waals surface area contributed by atoms with E-state index in [1.165, 1.54) is 25.4 Å². The molecule has 0 heterocycles. The Morgan fingerprint density at radius 3 is 1.85 bits per heavy atom. The SMILES string of the molecule is COC(=O)c1ccc(OP(=O)([CH]c2ccccc2)Oc2ccccc2)cc1. The van der Waals surface area contributed by atoms with Gasteiger partial charge in [0.25, 0.3) is 0 Å². The van der Waals surface area contributed by atoms with E-state index in [0.29, 0.717) is 22.6 Å². The first-order chi connectivity index (χ1) is 13.1. The van der Waals surface area contributed by atoms with Crippen LogP contribution in [0.2, 0.25) is 0 Å². The summed E-state index contributed by atoms with van der Waals surface area (Å²) in [6.45, 7) is 0. The highest BCUT2D eigenvalue weighted by molar-refractivity contribution is 7.57. The van der Waals surface area contributed by atoms with Crippen molar-refractivity contribution in [2.24, 2.45) is 0 Å². The third-order valence-corrected chi connectivity index (χ3v) is 5.14. The van der Waals surface area contributed by atoms with E-state index in [-0.39, 0.29) is 0 Å². The zero-order valence-electron chi connectivity index (χ0n) is 14.6. The van der Waals surface area contributed by atoms with Gasteiger partial charge in [-0.3, -0.25) is 0 Å². The Balaban J connectivity index is 1.85. The number of ether oxygens (including phenoxy) is 1. The van der Waals surface area contributed by atoms with E-state index in [4.69, 9.17) is 9.05 Å². The highest BCUT2D eigenvalue weighted by atomic mass is 31.2. The molecule has 6 heteroatoms. The molecular weight excluding hydrogens is 363 g/mol. The Kier molecular flexibility index (Phi) is 5.94. The van der Waals surface area contributed by atoms with Crippen LogP contribution in [0.15, 0.2) is 84.9 Å². The Hall–Kier alpha value is -3.04. The molecule has 0 fully saturated rings. The topological polar surface area (TPSA) is 61.8 Å². The summed E-state index contributed by atoms with van der Waals surface area (Å²) in [6.07, 6.45) is 1.47. The standard InChI is InChI=1S/C21H18O5P/c1-24-21(22)18-12-14-20(15-13-18)26-27(23,16-17-8-4-2-5-9-17)25-19-10-6-3-7-11-19/h2-16H,1H3. The Bertz CT molecular complexity index is 878. The van der Waals surface area contributed by atoms with Gasteiger partial charge in [-0.15, -0.1) is 0 Å². The van der Waals surface area contributed by atoms with E-state index < -0.39 is 13.6 Å². The molecule has 0 aliphatic heterocycles. The van der Waals surface area contributed by atoms with E-state index in [0.717, 1.165) is 0 Å². The van der Waals surface area contributed by atoms with E-state index in [1.54, 1.807) is 36.4 Å². The monoisotopic (exact) mass is 381 g/mol. The summed E-state index contributed by atoms with van der Waals surface area (Å²) in [4.78, 5) is 11.5. The average molecular weight is 381 g/mol. The summed E-state index contributed by atoms with van der Waals surface area (Å²) in [7, 11) is -2.36. The maximum absolute atomic E-state index is 13.4. The molecule has 0 aliphatic carbocycles. The van der Waals surface area contributed by atoms with Crippen LogP contribution in [0.3, 0.4) is 0 Å². The minimum Gasteiger partial charge on any atom is -0.465 e. The predicted octanol–water partition coefficient (Wildman–Crippen LogP) is 5.33. The molecular formula is C21H18O5P. The van der Waals surface area contributed by atoms with Gasteiger partial charge >= 0.3 is 13.6 Å². The molecule has 0 bridgehead atoms. The van der Waals surface area contributed by atoms with E-state index >= 15 is 0 Å². The zero-order chi connectivity index (χ0) is 19.1. The highest BCUT2D eigenvalue weighted by Crippen LogP contribution is 2.52. The lowest BCUT2D eigenvalue weighted by Crippen LogP contribution is -2.04. The number of hydrogen-bond donors (Lipinski definition) is 0. The second-order valence-corrected chi connectivity index (χ2v) is 7.29. The van der Waals surface area contributed by atoms with Crippen LogP contribution in [0.25, 0.3) is 0 Å². The largest absolute Gasteiger partial charge is 0.465 e. The van der Waals surface area contributed by atoms with Gasteiger partial charge in [-0.05, 0) is 42.0 Å². The molecule has 0 N–H and O–H groups in total. The zero-order valence-corrected chi connectivity index (χ0v) is 15.5. The van der Waals surface area contributed by atoms with Crippen LogP contribution >= 0.6 is 7.60 Å². The molecule has 5 nitrogen and oxygen atoms in total. The molecule has 0 saturated heterocycles. The number of methoxy groups -OCH3 is 1. The number of esters is 1. The molecule has 0 saturated carbocycles. The molecule has 0 aromatic heterocycles. The fourth-order valence-corrected chi connectivity index (χ4v) is 3.85. The van der Waals surface area contributed by atoms with Gasteiger partial charge in [0.15, 0.2) is 0 Å². The van der Waals surface area contributed by atoms with Crippen LogP contribution in [0.1, 0.15) is 15.9 Å². The van der Waals surface area contributed by atoms with Crippen molar-refractivity contribution in [3.63, 3.8) is 0 Å². The summed E-state index contributed by atoms with van der Waals surface area (Å²) < 4.78 is 29.5. The number of rotatable bonds is 7. The molecule has 1 radical (unpaired) electrons. The fraction of sp³-hybridized carbons (Fsp3) is 0.0476. The van der Waals surface area contributed by atoms with Gasteiger partial charge in [0, 0.05) is 0 Å². The molecule has 137 valence electrons. The maximum Gasteiger partial charge on any atom is 0.439 e. The first-order valence-corrected chi connectivity index (χ1v) is 9.82. The highest BCUT2D eigenvalue weighted by Gasteiger charge is 2.29. The molecule has 1 unspecified atom stereocenters. The number of carbonyl (C=O) groups is 1. The lowest BCUT2D eigenvalue weighted by atomic mass is 10.2. The third kappa shape index (κ3) is 5.22. The molecule has 27 heavy (non-hydrogen) atoms. The second kappa shape index (κ2) is 8.56. The smallest absolute Gasteiger partial charge is 0.439 e. The second-order valence-electron chi connectivity index (χ2n) is 5.59. The van der Waals surface area contributed by atoms with Gasteiger partial charge in [-0.1, -0.05) is 48.5 Å². The molecule has 0 aliphatic rings. The number of para-hydroxylation sites is 1. The molecule has 3 aromatic rings. The van der Waals surface area contributed by atoms with Gasteiger partial charge in [0.2, 0.25) is 0 Å². The van der Waals surface area contributed by atoms with Crippen LogP contribution in [0.5, 0.6) is 11.5 Å². The summed E-state index contributed by atoms with van der Waals surface area (Å²) in [6, 6.07) is 24.2. The summed E-state index contributed by atoms with van der Waals surface area (Å²) in [5.41, 5.74) is 1.08. The van der Waals surface area contributed by atoms with E-state index in [2.05, 4.69) is 4.74 Å². The van der Waals surface area contributed by atoms with Gasteiger partial charge in [-0.2, -0.15) is 0 Å². The van der Waals surface area contributed by atoms with Gasteiger partial charge in [0.05, 0.1) is 12.7 Å². The van der Waals surface area contributed by atoms with Crippen molar-refractivity contribution in [1.29, 1.82) is 0 Å². The van der Waals surface area contributed by atoms with Crippen molar-refractivity contribution in [3.8, 4) is 11.5 Å². The number of benzene rings is 3. The van der Waals surface area contributed by atoms with Crippen molar-refractivity contribution in [2.45, 2.75) is 0 Å². The van der Waals surface area contributed by atoms with Gasteiger partial charge in [-0.25, -0.2) is 9.36 Å². The van der Waals surface area contributed by atoms with Crippen LogP contribution in [-0.2, 0) is 9.30 Å². The minimum atomic E-state index is -3.67. The third-order valence-electron chi connectivity index (χ3n) is 3.59. The van der Waals surface area contributed by atoms with Crippen molar-refractivity contribution < 1.29 is 23.1 Å². The first kappa shape index (κ1) is 18.7. The molecule has 3 aromatic carbocycles. The Labute approximate surface area is 158 Å². The quantitative estimate of drug-likeness (QED) is 0.409. The average Bonchev–Trinajstić information content (AvgIpc) is 2.69. The lowest BCUT2D eigenvalue weighted by Gasteiger charge is -2.20. The summed E-state index contributed by atoms with van der Waals surface area (Å²) in [5.74, 6) is 0.286. The molecule has 0 spiro atoms. The Morgan fingerprint density at radius 2 is 1.30 bits per heavy atom. The lowest BCUT2D eigenvalue weighted by molar-refractivity contribution is 0.0600.